The molecule has 0 amide bonds. The SMILES string of the molecule is Cc1nc(Cl)nc(Oc2cccc3cccnc23)c1N. The van der Waals surface area contributed by atoms with Crippen molar-refractivity contribution >= 4 is 28.2 Å². The first-order valence-electron chi connectivity index (χ1n) is 5.96. The van der Waals surface area contributed by atoms with Gasteiger partial charge in [-0.1, -0.05) is 18.2 Å². The van der Waals surface area contributed by atoms with E-state index < -0.39 is 0 Å². The number of para-hydroxylation sites is 1. The molecule has 0 fully saturated rings. The highest BCUT2D eigenvalue weighted by atomic mass is 35.5. The van der Waals surface area contributed by atoms with E-state index in [0.29, 0.717) is 17.1 Å². The lowest BCUT2D eigenvalue weighted by Crippen LogP contribution is -2.01. The number of halogens is 1. The minimum Gasteiger partial charge on any atom is -0.435 e. The van der Waals surface area contributed by atoms with Crippen molar-refractivity contribution in [2.24, 2.45) is 0 Å². The van der Waals surface area contributed by atoms with Crippen LogP contribution < -0.4 is 10.5 Å². The molecule has 0 saturated carbocycles. The zero-order valence-corrected chi connectivity index (χ0v) is 11.4. The normalized spacial score (nSPS) is 10.7. The second-order valence-corrected chi connectivity index (χ2v) is 4.57. The molecule has 100 valence electrons. The highest BCUT2D eigenvalue weighted by molar-refractivity contribution is 6.28. The summed E-state index contributed by atoms with van der Waals surface area (Å²) in [7, 11) is 0. The zero-order valence-electron chi connectivity index (χ0n) is 10.7. The molecule has 0 atom stereocenters. The fraction of sp³-hybridized carbons (Fsp3) is 0.0714. The molecule has 2 aromatic heterocycles. The van der Waals surface area contributed by atoms with E-state index in [-0.39, 0.29) is 11.2 Å². The van der Waals surface area contributed by atoms with E-state index in [1.807, 2.05) is 24.3 Å². The van der Waals surface area contributed by atoms with Crippen molar-refractivity contribution in [1.29, 1.82) is 0 Å². The molecule has 0 spiro atoms. The Morgan fingerprint density at radius 2 is 1.95 bits per heavy atom. The van der Waals surface area contributed by atoms with E-state index in [4.69, 9.17) is 22.1 Å². The molecule has 0 aliphatic rings. The fourth-order valence-electron chi connectivity index (χ4n) is 1.86. The number of rotatable bonds is 2. The van der Waals surface area contributed by atoms with Crippen molar-refractivity contribution in [2.75, 3.05) is 5.73 Å². The predicted molar refractivity (Wildman–Crippen MR) is 78.0 cm³/mol. The number of nitrogen functional groups attached to an aromatic ring is 1. The number of ether oxygens (including phenoxy) is 1. The molecule has 6 heteroatoms. The summed E-state index contributed by atoms with van der Waals surface area (Å²) in [6.45, 7) is 1.75. The van der Waals surface area contributed by atoms with E-state index in [0.717, 1.165) is 10.9 Å². The van der Waals surface area contributed by atoms with Crippen LogP contribution in [-0.2, 0) is 0 Å². The molecule has 0 bridgehead atoms. The number of fused-ring (bicyclic) bond motifs is 1. The molecule has 3 rings (SSSR count). The van der Waals surface area contributed by atoms with Crippen molar-refractivity contribution in [3.63, 3.8) is 0 Å². The molecular formula is C14H11ClN4O. The standard InChI is InChI=1S/C14H11ClN4O/c1-8-11(16)13(19-14(15)18-8)20-10-6-2-4-9-5-3-7-17-12(9)10/h2-7H,16H2,1H3. The number of hydrogen-bond acceptors (Lipinski definition) is 5. The van der Waals surface area contributed by atoms with Crippen LogP contribution in [0.15, 0.2) is 36.5 Å². The van der Waals surface area contributed by atoms with Crippen molar-refractivity contribution < 1.29 is 4.74 Å². The molecule has 0 radical (unpaired) electrons. The smallest absolute Gasteiger partial charge is 0.247 e. The summed E-state index contributed by atoms with van der Waals surface area (Å²) in [6.07, 6.45) is 1.71. The summed E-state index contributed by atoms with van der Waals surface area (Å²) < 4.78 is 5.76. The van der Waals surface area contributed by atoms with Crippen LogP contribution in [0.4, 0.5) is 5.69 Å². The average Bonchev–Trinajstić information content (AvgIpc) is 2.44. The summed E-state index contributed by atoms with van der Waals surface area (Å²) in [5.41, 5.74) is 7.59. The van der Waals surface area contributed by atoms with Gasteiger partial charge < -0.3 is 10.5 Å². The summed E-state index contributed by atoms with van der Waals surface area (Å²) in [6, 6.07) is 9.46. The topological polar surface area (TPSA) is 73.9 Å². The van der Waals surface area contributed by atoms with Gasteiger partial charge in [-0.3, -0.25) is 4.98 Å². The van der Waals surface area contributed by atoms with Gasteiger partial charge in [0.25, 0.3) is 0 Å². The molecule has 0 unspecified atom stereocenters. The monoisotopic (exact) mass is 286 g/mol. The molecule has 3 aromatic rings. The van der Waals surface area contributed by atoms with E-state index in [2.05, 4.69) is 15.0 Å². The number of aromatic nitrogens is 3. The first-order valence-corrected chi connectivity index (χ1v) is 6.34. The van der Waals surface area contributed by atoms with Crippen LogP contribution in [0.3, 0.4) is 0 Å². The van der Waals surface area contributed by atoms with Crippen LogP contribution in [0.25, 0.3) is 10.9 Å². The van der Waals surface area contributed by atoms with Crippen molar-refractivity contribution in [3.05, 3.63) is 47.5 Å². The molecule has 2 heterocycles. The van der Waals surface area contributed by atoms with Gasteiger partial charge in [0.2, 0.25) is 11.2 Å². The van der Waals surface area contributed by atoms with Gasteiger partial charge >= 0.3 is 0 Å². The number of anilines is 1. The lowest BCUT2D eigenvalue weighted by molar-refractivity contribution is 0.468. The van der Waals surface area contributed by atoms with Crippen LogP contribution in [0, 0.1) is 6.92 Å². The lowest BCUT2D eigenvalue weighted by atomic mass is 10.2. The number of nitrogens with zero attached hydrogens (tertiary/aromatic N) is 3. The minimum atomic E-state index is 0.0971. The molecule has 0 aliphatic heterocycles. The lowest BCUT2D eigenvalue weighted by Gasteiger charge is -2.10. The van der Waals surface area contributed by atoms with E-state index in [9.17, 15) is 0 Å². The van der Waals surface area contributed by atoms with E-state index in [1.54, 1.807) is 19.2 Å². The van der Waals surface area contributed by atoms with Gasteiger partial charge in [-0.05, 0) is 30.7 Å². The second-order valence-electron chi connectivity index (χ2n) is 4.23. The second kappa shape index (κ2) is 4.94. The maximum Gasteiger partial charge on any atom is 0.247 e. The van der Waals surface area contributed by atoms with Crippen molar-refractivity contribution in [1.82, 2.24) is 15.0 Å². The molecule has 20 heavy (non-hydrogen) atoms. The quantitative estimate of drug-likeness (QED) is 0.731. The molecule has 0 saturated heterocycles. The predicted octanol–water partition coefficient (Wildman–Crippen LogP) is 3.36. The summed E-state index contributed by atoms with van der Waals surface area (Å²) in [5.74, 6) is 0.810. The minimum absolute atomic E-state index is 0.0971. The maximum absolute atomic E-state index is 5.91. The van der Waals surface area contributed by atoms with E-state index >= 15 is 0 Å². The summed E-state index contributed by atoms with van der Waals surface area (Å²) >= 11 is 5.83. The van der Waals surface area contributed by atoms with Crippen LogP contribution in [0.1, 0.15) is 5.69 Å². The Bertz CT molecular complexity index is 786. The largest absolute Gasteiger partial charge is 0.435 e. The zero-order chi connectivity index (χ0) is 14.1. The third-order valence-corrected chi connectivity index (χ3v) is 3.05. The van der Waals surface area contributed by atoms with Gasteiger partial charge in [0.15, 0.2) is 5.75 Å². The molecular weight excluding hydrogens is 276 g/mol. The van der Waals surface area contributed by atoms with E-state index in [1.165, 1.54) is 0 Å². The van der Waals surface area contributed by atoms with Gasteiger partial charge in [-0.15, -0.1) is 0 Å². The Kier molecular flexibility index (Phi) is 3.12. The Morgan fingerprint density at radius 3 is 2.80 bits per heavy atom. The summed E-state index contributed by atoms with van der Waals surface area (Å²) in [4.78, 5) is 12.3. The Hall–Kier alpha value is -2.40. The number of benzene rings is 1. The first kappa shape index (κ1) is 12.6. The van der Waals surface area contributed by atoms with Crippen LogP contribution in [0.2, 0.25) is 5.28 Å². The van der Waals surface area contributed by atoms with Gasteiger partial charge in [0, 0.05) is 11.6 Å². The molecule has 0 aliphatic carbocycles. The van der Waals surface area contributed by atoms with Crippen molar-refractivity contribution in [2.45, 2.75) is 6.92 Å². The van der Waals surface area contributed by atoms with Crippen LogP contribution in [0.5, 0.6) is 11.6 Å². The van der Waals surface area contributed by atoms with Crippen LogP contribution >= 0.6 is 11.6 Å². The molecule has 5 nitrogen and oxygen atoms in total. The third-order valence-electron chi connectivity index (χ3n) is 2.88. The molecule has 2 N–H and O–H groups in total. The summed E-state index contributed by atoms with van der Waals surface area (Å²) in [5, 5.41) is 1.07. The van der Waals surface area contributed by atoms with Gasteiger partial charge in [0.1, 0.15) is 11.2 Å². The van der Waals surface area contributed by atoms with Crippen LogP contribution in [-0.4, -0.2) is 15.0 Å². The number of hydrogen-bond donors (Lipinski definition) is 1. The maximum atomic E-state index is 5.91. The average molecular weight is 287 g/mol. The van der Waals surface area contributed by atoms with Gasteiger partial charge in [-0.2, -0.15) is 4.98 Å². The van der Waals surface area contributed by atoms with Gasteiger partial charge in [0.05, 0.1) is 5.69 Å². The third kappa shape index (κ3) is 2.23. The van der Waals surface area contributed by atoms with Crippen molar-refractivity contribution in [3.8, 4) is 11.6 Å². The number of nitrogens with two attached hydrogens (primary N) is 1. The molecule has 1 aromatic carbocycles. The highest BCUT2D eigenvalue weighted by Gasteiger charge is 2.12. The Balaban J connectivity index is 2.10. The number of aryl methyl sites for hydroxylation is 1. The Labute approximate surface area is 120 Å². The Morgan fingerprint density at radius 1 is 1.15 bits per heavy atom. The number of pyridine rings is 1. The highest BCUT2D eigenvalue weighted by Crippen LogP contribution is 2.31. The fourth-order valence-corrected chi connectivity index (χ4v) is 2.07. The van der Waals surface area contributed by atoms with Gasteiger partial charge in [-0.25, -0.2) is 4.98 Å². The first-order chi connectivity index (χ1) is 9.65.